The van der Waals surface area contributed by atoms with Crippen molar-refractivity contribution >= 4 is 32.6 Å². The molecular weight excluding hydrogens is 400 g/mol. The third-order valence-electron chi connectivity index (χ3n) is 6.92. The Labute approximate surface area is 195 Å². The number of hydrogen-bond acceptors (Lipinski definition) is 0. The van der Waals surface area contributed by atoms with Crippen molar-refractivity contribution in [3.8, 4) is 16.9 Å². The van der Waals surface area contributed by atoms with Crippen LogP contribution < -0.4 is 4.57 Å². The summed E-state index contributed by atoms with van der Waals surface area (Å²) in [6.45, 7) is 6.50. The van der Waals surface area contributed by atoms with Crippen LogP contribution in [0.15, 0.2) is 91.1 Å². The van der Waals surface area contributed by atoms with Crippen molar-refractivity contribution in [1.29, 1.82) is 0 Å². The van der Waals surface area contributed by atoms with Gasteiger partial charge in [0.05, 0.1) is 22.0 Å². The standard InChI is InChI=1S/C31H27N2/c1-20-17-21(2)22(3)27(18-20)31-26-14-6-5-13-25(26)30(19-32(31)4)33-28-15-9-7-11-23(28)24-12-8-10-16-29(24)33/h5-19H,1-4H3/q+1/i19D. The van der Waals surface area contributed by atoms with Gasteiger partial charge in [-0.2, -0.15) is 4.57 Å². The van der Waals surface area contributed by atoms with Gasteiger partial charge < -0.3 is 4.57 Å². The molecule has 2 heteroatoms. The van der Waals surface area contributed by atoms with E-state index in [1.54, 1.807) is 0 Å². The molecule has 0 atom stereocenters. The van der Waals surface area contributed by atoms with Gasteiger partial charge in [-0.1, -0.05) is 66.2 Å². The first-order chi connectivity index (χ1) is 16.5. The van der Waals surface area contributed by atoms with Gasteiger partial charge in [-0.05, 0) is 56.2 Å². The highest BCUT2D eigenvalue weighted by molar-refractivity contribution is 6.11. The summed E-state index contributed by atoms with van der Waals surface area (Å²) in [6, 6.07) is 30.0. The molecule has 6 aromatic rings. The summed E-state index contributed by atoms with van der Waals surface area (Å²) >= 11 is 0. The van der Waals surface area contributed by atoms with Gasteiger partial charge in [-0.25, -0.2) is 0 Å². The second-order valence-electron chi connectivity index (χ2n) is 9.04. The number of nitrogens with zero attached hydrogens (tertiary/aromatic N) is 2. The highest BCUT2D eigenvalue weighted by atomic mass is 15.0. The number of pyridine rings is 1. The molecule has 0 spiro atoms. The van der Waals surface area contributed by atoms with Crippen LogP contribution >= 0.6 is 0 Å². The number of rotatable bonds is 2. The predicted octanol–water partition coefficient (Wildman–Crippen LogP) is 7.35. The molecule has 160 valence electrons. The van der Waals surface area contributed by atoms with Gasteiger partial charge in [0.1, 0.15) is 14.1 Å². The van der Waals surface area contributed by atoms with E-state index >= 15 is 0 Å². The summed E-state index contributed by atoms with van der Waals surface area (Å²) in [6.07, 6.45) is 0.499. The van der Waals surface area contributed by atoms with E-state index in [0.717, 1.165) is 33.2 Å². The average molecular weight is 429 g/mol. The lowest BCUT2D eigenvalue weighted by atomic mass is 9.94. The molecule has 6 rings (SSSR count). The zero-order chi connectivity index (χ0) is 23.6. The summed E-state index contributed by atoms with van der Waals surface area (Å²) in [7, 11) is 2.03. The lowest BCUT2D eigenvalue weighted by Crippen LogP contribution is -2.32. The molecule has 0 unspecified atom stereocenters. The molecule has 0 N–H and O–H groups in total. The molecule has 33 heavy (non-hydrogen) atoms. The molecule has 4 aromatic carbocycles. The molecule has 0 fully saturated rings. The molecule has 0 radical (unpaired) electrons. The van der Waals surface area contributed by atoms with Gasteiger partial charge in [0, 0.05) is 16.2 Å². The highest BCUT2D eigenvalue weighted by Gasteiger charge is 2.23. The van der Waals surface area contributed by atoms with E-state index in [2.05, 4.69) is 115 Å². The lowest BCUT2D eigenvalue weighted by molar-refractivity contribution is -0.658. The minimum Gasteiger partial charge on any atom is -0.303 e. The Bertz CT molecular complexity index is 1700. The number of aryl methyl sites for hydroxylation is 2. The summed E-state index contributed by atoms with van der Waals surface area (Å²) in [4.78, 5) is 0. The molecule has 0 saturated heterocycles. The Morgan fingerprint density at radius 1 is 0.697 bits per heavy atom. The van der Waals surface area contributed by atoms with Gasteiger partial charge in [-0.15, -0.1) is 0 Å². The maximum atomic E-state index is 9.41. The Balaban J connectivity index is 1.81. The van der Waals surface area contributed by atoms with Crippen LogP contribution in [0.5, 0.6) is 0 Å². The number of hydrogen-bond donors (Lipinski definition) is 0. The minimum absolute atomic E-state index is 0.499. The quantitative estimate of drug-likeness (QED) is 0.255. The topological polar surface area (TPSA) is 8.81 Å². The molecular formula is C31H27N2+. The minimum atomic E-state index is 0.499. The molecule has 0 amide bonds. The normalized spacial score (nSPS) is 12.1. The first-order valence-electron chi connectivity index (χ1n) is 12.0. The summed E-state index contributed by atoms with van der Waals surface area (Å²) in [5.74, 6) is 0. The molecule has 0 aliphatic heterocycles. The Kier molecular flexibility index (Phi) is 4.13. The molecule has 2 nitrogen and oxygen atoms in total. The van der Waals surface area contributed by atoms with E-state index in [4.69, 9.17) is 0 Å². The van der Waals surface area contributed by atoms with Crippen LogP contribution in [0.2, 0.25) is 0 Å². The van der Waals surface area contributed by atoms with Gasteiger partial charge in [0.25, 0.3) is 0 Å². The number of benzene rings is 4. The van der Waals surface area contributed by atoms with E-state index in [-0.39, 0.29) is 0 Å². The van der Waals surface area contributed by atoms with Crippen molar-refractivity contribution in [1.82, 2.24) is 4.57 Å². The molecule has 0 bridgehead atoms. The van der Waals surface area contributed by atoms with Gasteiger partial charge in [0.15, 0.2) is 6.17 Å². The van der Waals surface area contributed by atoms with Crippen molar-refractivity contribution in [2.45, 2.75) is 20.8 Å². The summed E-state index contributed by atoms with van der Waals surface area (Å²) in [5, 5.41) is 4.66. The third-order valence-corrected chi connectivity index (χ3v) is 6.92. The molecule has 0 aliphatic rings. The molecule has 2 heterocycles. The summed E-state index contributed by atoms with van der Waals surface area (Å²) < 4.78 is 13.7. The first kappa shape index (κ1) is 18.6. The van der Waals surface area contributed by atoms with Crippen molar-refractivity contribution in [2.75, 3.05) is 0 Å². The van der Waals surface area contributed by atoms with E-state index in [1.165, 1.54) is 33.0 Å². The Hall–Kier alpha value is -3.91. The van der Waals surface area contributed by atoms with Crippen LogP contribution in [-0.2, 0) is 7.05 Å². The van der Waals surface area contributed by atoms with E-state index in [1.807, 2.05) is 7.05 Å². The molecule has 0 saturated carbocycles. The maximum absolute atomic E-state index is 9.41. The molecule has 0 aliphatic carbocycles. The van der Waals surface area contributed by atoms with Crippen LogP contribution in [0.4, 0.5) is 0 Å². The van der Waals surface area contributed by atoms with Crippen LogP contribution in [0.3, 0.4) is 0 Å². The fourth-order valence-corrected chi connectivity index (χ4v) is 5.30. The Morgan fingerprint density at radius 3 is 1.88 bits per heavy atom. The number of fused-ring (bicyclic) bond motifs is 4. The van der Waals surface area contributed by atoms with Crippen molar-refractivity contribution < 1.29 is 5.94 Å². The van der Waals surface area contributed by atoms with Crippen LogP contribution in [0.25, 0.3) is 49.5 Å². The van der Waals surface area contributed by atoms with E-state index in [9.17, 15) is 1.37 Å². The Morgan fingerprint density at radius 2 is 1.24 bits per heavy atom. The largest absolute Gasteiger partial charge is 0.303 e. The fraction of sp³-hybridized carbons (Fsp3) is 0.129. The van der Waals surface area contributed by atoms with E-state index < -0.39 is 0 Å². The highest BCUT2D eigenvalue weighted by Crippen LogP contribution is 2.37. The monoisotopic (exact) mass is 428 g/mol. The third kappa shape index (κ3) is 2.91. The van der Waals surface area contributed by atoms with Crippen molar-refractivity contribution in [3.05, 3.63) is 108 Å². The maximum Gasteiger partial charge on any atom is 0.220 e. The molecule has 2 aromatic heterocycles. The zero-order valence-electron chi connectivity index (χ0n) is 20.5. The number of aromatic nitrogens is 2. The number of para-hydroxylation sites is 2. The van der Waals surface area contributed by atoms with Crippen LogP contribution in [0.1, 0.15) is 18.1 Å². The van der Waals surface area contributed by atoms with E-state index in [0.29, 0.717) is 6.17 Å². The van der Waals surface area contributed by atoms with Gasteiger partial charge >= 0.3 is 0 Å². The summed E-state index contributed by atoms with van der Waals surface area (Å²) in [5.41, 5.74) is 9.22. The average Bonchev–Trinajstić information content (AvgIpc) is 3.17. The van der Waals surface area contributed by atoms with Crippen LogP contribution in [-0.4, -0.2) is 4.57 Å². The smallest absolute Gasteiger partial charge is 0.220 e. The zero-order valence-corrected chi connectivity index (χ0v) is 19.5. The SMILES string of the molecule is [2H]c1c(-n2c3ccccc3c3ccccc32)c2ccccc2c(-c2cc(C)cc(C)c2C)[n+]1C. The van der Waals surface area contributed by atoms with Crippen molar-refractivity contribution in [3.63, 3.8) is 0 Å². The van der Waals surface area contributed by atoms with Crippen LogP contribution in [0, 0.1) is 20.8 Å². The first-order valence-corrected chi connectivity index (χ1v) is 11.5. The second kappa shape index (κ2) is 7.31. The van der Waals surface area contributed by atoms with Gasteiger partial charge in [0.2, 0.25) is 5.69 Å². The predicted molar refractivity (Wildman–Crippen MR) is 139 cm³/mol. The lowest BCUT2D eigenvalue weighted by Gasteiger charge is -2.15. The van der Waals surface area contributed by atoms with Gasteiger partial charge in [-0.3, -0.25) is 0 Å². The second-order valence-corrected chi connectivity index (χ2v) is 9.04. The van der Waals surface area contributed by atoms with Crippen molar-refractivity contribution in [2.24, 2.45) is 7.05 Å². The fourth-order valence-electron chi connectivity index (χ4n) is 5.30.